The van der Waals surface area contributed by atoms with Crippen LogP contribution in [-0.2, 0) is 13.2 Å². The van der Waals surface area contributed by atoms with Crippen molar-refractivity contribution in [2.75, 3.05) is 13.1 Å². The lowest BCUT2D eigenvalue weighted by atomic mass is 9.83. The van der Waals surface area contributed by atoms with Crippen molar-refractivity contribution < 1.29 is 13.9 Å². The summed E-state index contributed by atoms with van der Waals surface area (Å²) in [6, 6.07) is 21.0. The first-order valence-electron chi connectivity index (χ1n) is 11.8. The van der Waals surface area contributed by atoms with Crippen molar-refractivity contribution in [3.05, 3.63) is 99.7 Å². The SMILES string of the molecule is Cc1ccccc1OCc1c(C(=O)N2CC3CC(C2)c2cccc(=O)n2C3)oc2ccccc12. The Balaban J connectivity index is 1.32. The summed E-state index contributed by atoms with van der Waals surface area (Å²) in [5, 5.41) is 0.897. The number of aromatic nitrogens is 1. The first-order valence-corrected chi connectivity index (χ1v) is 11.8. The van der Waals surface area contributed by atoms with Crippen molar-refractivity contribution in [3.8, 4) is 5.75 Å². The molecular weight excluding hydrogens is 428 g/mol. The maximum Gasteiger partial charge on any atom is 0.290 e. The molecule has 2 unspecified atom stereocenters. The van der Waals surface area contributed by atoms with Crippen LogP contribution in [0.3, 0.4) is 0 Å². The lowest BCUT2D eigenvalue weighted by Crippen LogP contribution is -2.49. The molecule has 0 saturated carbocycles. The number of pyridine rings is 1. The number of carbonyl (C=O) groups excluding carboxylic acids is 1. The minimum Gasteiger partial charge on any atom is -0.488 e. The van der Waals surface area contributed by atoms with Crippen molar-refractivity contribution >= 4 is 16.9 Å². The molecule has 4 aromatic rings. The quantitative estimate of drug-likeness (QED) is 0.447. The van der Waals surface area contributed by atoms with Crippen LogP contribution in [0.15, 0.2) is 75.9 Å². The second kappa shape index (κ2) is 8.20. The van der Waals surface area contributed by atoms with Crippen molar-refractivity contribution in [1.82, 2.24) is 9.47 Å². The topological polar surface area (TPSA) is 64.7 Å². The Bertz CT molecular complexity index is 1450. The molecule has 6 rings (SSSR count). The Kier molecular flexibility index (Phi) is 5.01. The zero-order valence-corrected chi connectivity index (χ0v) is 19.1. The van der Waals surface area contributed by atoms with E-state index in [0.717, 1.165) is 34.4 Å². The fourth-order valence-electron chi connectivity index (χ4n) is 5.49. The molecule has 2 atom stereocenters. The van der Waals surface area contributed by atoms with E-state index in [1.807, 2.05) is 77.1 Å². The summed E-state index contributed by atoms with van der Waals surface area (Å²) in [5.74, 6) is 1.44. The minimum atomic E-state index is -0.110. The summed E-state index contributed by atoms with van der Waals surface area (Å²) in [6.45, 7) is 4.10. The van der Waals surface area contributed by atoms with Gasteiger partial charge in [-0.3, -0.25) is 9.59 Å². The molecule has 2 aliphatic heterocycles. The van der Waals surface area contributed by atoms with Gasteiger partial charge in [0.05, 0.1) is 0 Å². The lowest BCUT2D eigenvalue weighted by Gasteiger charge is -2.42. The van der Waals surface area contributed by atoms with Gasteiger partial charge < -0.3 is 18.6 Å². The molecule has 2 aromatic carbocycles. The van der Waals surface area contributed by atoms with E-state index >= 15 is 0 Å². The largest absolute Gasteiger partial charge is 0.488 e. The number of rotatable bonds is 4. The molecule has 2 aromatic heterocycles. The van der Waals surface area contributed by atoms with Gasteiger partial charge in [0, 0.05) is 48.3 Å². The summed E-state index contributed by atoms with van der Waals surface area (Å²) in [6.07, 6.45) is 0.997. The number of ether oxygens (including phenoxy) is 1. The summed E-state index contributed by atoms with van der Waals surface area (Å²) in [5.41, 5.74) is 3.56. The third-order valence-electron chi connectivity index (χ3n) is 7.13. The number of hydrogen-bond acceptors (Lipinski definition) is 4. The molecular formula is C28H26N2O4. The van der Waals surface area contributed by atoms with Crippen molar-refractivity contribution in [1.29, 1.82) is 0 Å². The third-order valence-corrected chi connectivity index (χ3v) is 7.13. The van der Waals surface area contributed by atoms with E-state index < -0.39 is 0 Å². The monoisotopic (exact) mass is 454 g/mol. The average molecular weight is 455 g/mol. The standard InChI is InChI=1S/C28H26N2O4/c1-18-7-2-4-10-24(18)33-17-22-21-8-3-5-11-25(21)34-27(22)28(32)29-14-19-13-20(16-29)23-9-6-12-26(31)30(23)15-19/h2-12,19-20H,13-17H2,1H3. The van der Waals surface area contributed by atoms with Gasteiger partial charge in [-0.15, -0.1) is 0 Å². The highest BCUT2D eigenvalue weighted by molar-refractivity contribution is 5.99. The average Bonchev–Trinajstić information content (AvgIpc) is 3.22. The predicted molar refractivity (Wildman–Crippen MR) is 129 cm³/mol. The van der Waals surface area contributed by atoms with Gasteiger partial charge in [0.15, 0.2) is 5.76 Å². The molecule has 34 heavy (non-hydrogen) atoms. The second-order valence-corrected chi connectivity index (χ2v) is 9.37. The molecule has 0 aliphatic carbocycles. The van der Waals surface area contributed by atoms with E-state index in [1.54, 1.807) is 6.07 Å². The van der Waals surface area contributed by atoms with Crippen molar-refractivity contribution in [2.24, 2.45) is 5.92 Å². The highest BCUT2D eigenvalue weighted by Crippen LogP contribution is 2.37. The Morgan fingerprint density at radius 2 is 1.82 bits per heavy atom. The number of amides is 1. The van der Waals surface area contributed by atoms with Gasteiger partial charge in [0.2, 0.25) is 0 Å². The normalized spacial score (nSPS) is 19.1. The molecule has 4 heterocycles. The van der Waals surface area contributed by atoms with E-state index in [4.69, 9.17) is 9.15 Å². The number of furan rings is 1. The highest BCUT2D eigenvalue weighted by atomic mass is 16.5. The van der Waals surface area contributed by atoms with E-state index in [-0.39, 0.29) is 29.9 Å². The van der Waals surface area contributed by atoms with Gasteiger partial charge in [-0.05, 0) is 43.0 Å². The first kappa shape index (κ1) is 20.8. The number of fused-ring (bicyclic) bond motifs is 5. The Morgan fingerprint density at radius 1 is 1.00 bits per heavy atom. The van der Waals surface area contributed by atoms with E-state index in [1.165, 1.54) is 0 Å². The van der Waals surface area contributed by atoms with Gasteiger partial charge in [0.25, 0.3) is 11.5 Å². The number of aryl methyl sites for hydroxylation is 1. The molecule has 6 nitrogen and oxygen atoms in total. The van der Waals surface area contributed by atoms with E-state index in [9.17, 15) is 9.59 Å². The van der Waals surface area contributed by atoms with Gasteiger partial charge in [0.1, 0.15) is 17.9 Å². The number of carbonyl (C=O) groups is 1. The molecule has 2 aliphatic rings. The molecule has 1 amide bonds. The number of nitrogens with zero attached hydrogens (tertiary/aromatic N) is 2. The molecule has 172 valence electrons. The maximum absolute atomic E-state index is 13.8. The third kappa shape index (κ3) is 3.50. The maximum atomic E-state index is 13.8. The highest BCUT2D eigenvalue weighted by Gasteiger charge is 2.38. The van der Waals surface area contributed by atoms with Crippen LogP contribution >= 0.6 is 0 Å². The molecule has 2 bridgehead atoms. The Morgan fingerprint density at radius 3 is 2.71 bits per heavy atom. The Hall–Kier alpha value is -3.80. The number of hydrogen-bond donors (Lipinski definition) is 0. The summed E-state index contributed by atoms with van der Waals surface area (Å²) >= 11 is 0. The van der Waals surface area contributed by atoms with Gasteiger partial charge in [-0.2, -0.15) is 0 Å². The molecule has 0 N–H and O–H groups in total. The van der Waals surface area contributed by atoms with Crippen LogP contribution in [0, 0.1) is 12.8 Å². The van der Waals surface area contributed by atoms with Crippen LogP contribution in [0.25, 0.3) is 11.0 Å². The number of benzene rings is 2. The Labute approximate surface area is 197 Å². The summed E-state index contributed by atoms with van der Waals surface area (Å²) in [4.78, 5) is 28.0. The van der Waals surface area contributed by atoms with Crippen molar-refractivity contribution in [2.45, 2.75) is 32.4 Å². The predicted octanol–water partition coefficient (Wildman–Crippen LogP) is 4.74. The molecule has 6 heteroatoms. The van der Waals surface area contributed by atoms with Crippen LogP contribution in [0.2, 0.25) is 0 Å². The molecule has 1 saturated heterocycles. The summed E-state index contributed by atoms with van der Waals surface area (Å²) in [7, 11) is 0. The fraction of sp³-hybridized carbons (Fsp3) is 0.286. The van der Waals surface area contributed by atoms with Crippen LogP contribution in [-0.4, -0.2) is 28.5 Å². The number of piperidine rings is 1. The zero-order chi connectivity index (χ0) is 23.2. The van der Waals surface area contributed by atoms with Crippen LogP contribution in [0.5, 0.6) is 5.75 Å². The van der Waals surface area contributed by atoms with Gasteiger partial charge >= 0.3 is 0 Å². The second-order valence-electron chi connectivity index (χ2n) is 9.37. The number of para-hydroxylation sites is 2. The van der Waals surface area contributed by atoms with Crippen LogP contribution in [0.1, 0.15) is 39.7 Å². The van der Waals surface area contributed by atoms with Crippen LogP contribution in [0.4, 0.5) is 0 Å². The van der Waals surface area contributed by atoms with E-state index in [0.29, 0.717) is 31.0 Å². The smallest absolute Gasteiger partial charge is 0.290 e. The molecule has 0 radical (unpaired) electrons. The zero-order valence-electron chi connectivity index (χ0n) is 19.1. The lowest BCUT2D eigenvalue weighted by molar-refractivity contribution is 0.0562. The fourth-order valence-corrected chi connectivity index (χ4v) is 5.49. The van der Waals surface area contributed by atoms with Crippen molar-refractivity contribution in [3.63, 3.8) is 0 Å². The summed E-state index contributed by atoms with van der Waals surface area (Å²) < 4.78 is 14.1. The van der Waals surface area contributed by atoms with E-state index in [2.05, 4.69) is 0 Å². The molecule has 1 fully saturated rings. The minimum absolute atomic E-state index is 0.0416. The van der Waals surface area contributed by atoms with Gasteiger partial charge in [-0.1, -0.05) is 42.5 Å². The number of likely N-dealkylation sites (tertiary alicyclic amines) is 1. The van der Waals surface area contributed by atoms with Crippen LogP contribution < -0.4 is 10.3 Å². The van der Waals surface area contributed by atoms with Gasteiger partial charge in [-0.25, -0.2) is 0 Å². The molecule has 0 spiro atoms. The first-order chi connectivity index (χ1) is 16.6.